The smallest absolute Gasteiger partial charge is 0.168 e. The highest BCUT2D eigenvalue weighted by atomic mass is 16.5. The molecule has 0 amide bonds. The van der Waals surface area contributed by atoms with Crippen molar-refractivity contribution in [1.29, 1.82) is 0 Å². The molecule has 1 heterocycles. The number of nitrogens with zero attached hydrogens (tertiary/aromatic N) is 3. The van der Waals surface area contributed by atoms with Gasteiger partial charge in [0.2, 0.25) is 0 Å². The second-order valence-electron chi connectivity index (χ2n) is 5.13. The van der Waals surface area contributed by atoms with E-state index in [4.69, 9.17) is 9.47 Å². The van der Waals surface area contributed by atoms with Gasteiger partial charge in [0, 0.05) is 0 Å². The molecule has 6 heteroatoms. The summed E-state index contributed by atoms with van der Waals surface area (Å²) in [7, 11) is 3.21. The summed E-state index contributed by atoms with van der Waals surface area (Å²) in [6.07, 6.45) is 1.69. The third kappa shape index (κ3) is 3.27. The zero-order valence-corrected chi connectivity index (χ0v) is 13.8. The fraction of sp³-hybridized carbons (Fsp3) is 0.167. The van der Waals surface area contributed by atoms with Crippen LogP contribution in [0.2, 0.25) is 0 Å². The Morgan fingerprint density at radius 2 is 1.67 bits per heavy atom. The number of aromatic nitrogens is 2. The first kappa shape index (κ1) is 15.7. The quantitative estimate of drug-likeness (QED) is 0.576. The van der Waals surface area contributed by atoms with Crippen molar-refractivity contribution in [3.63, 3.8) is 0 Å². The molecule has 6 nitrogen and oxygen atoms in total. The van der Waals surface area contributed by atoms with Crippen molar-refractivity contribution in [1.82, 2.24) is 9.97 Å². The Kier molecular flexibility index (Phi) is 4.56. The van der Waals surface area contributed by atoms with Gasteiger partial charge in [0.15, 0.2) is 17.3 Å². The molecule has 122 valence electrons. The second-order valence-corrected chi connectivity index (χ2v) is 5.13. The molecule has 0 saturated carbocycles. The molecule has 0 bridgehead atoms. The van der Waals surface area contributed by atoms with Gasteiger partial charge in [-0.15, -0.1) is 0 Å². The van der Waals surface area contributed by atoms with Crippen molar-refractivity contribution >= 4 is 23.1 Å². The van der Waals surface area contributed by atoms with Gasteiger partial charge < -0.3 is 9.47 Å². The average Bonchev–Trinajstić information content (AvgIpc) is 2.62. The second kappa shape index (κ2) is 6.95. The fourth-order valence-corrected chi connectivity index (χ4v) is 2.30. The van der Waals surface area contributed by atoms with E-state index in [1.54, 1.807) is 20.4 Å². The zero-order chi connectivity index (χ0) is 16.9. The Balaban J connectivity index is 1.80. The summed E-state index contributed by atoms with van der Waals surface area (Å²) in [5.41, 5.74) is 6.31. The normalized spacial score (nSPS) is 11.0. The van der Waals surface area contributed by atoms with Crippen LogP contribution in [0.3, 0.4) is 0 Å². The van der Waals surface area contributed by atoms with Gasteiger partial charge in [0.25, 0.3) is 0 Å². The summed E-state index contributed by atoms with van der Waals surface area (Å²) >= 11 is 0. The first-order valence-corrected chi connectivity index (χ1v) is 7.46. The maximum absolute atomic E-state index is 5.28. The molecule has 0 fully saturated rings. The number of para-hydroxylation sites is 2. The molecule has 0 atom stereocenters. The van der Waals surface area contributed by atoms with E-state index >= 15 is 0 Å². The number of aryl methyl sites for hydroxylation is 1. The summed E-state index contributed by atoms with van der Waals surface area (Å²) in [5.74, 6) is 1.97. The highest BCUT2D eigenvalue weighted by Crippen LogP contribution is 2.26. The molecule has 0 aliphatic heterocycles. The minimum atomic E-state index is 0.630. The molecular weight excluding hydrogens is 304 g/mol. The number of hydrazone groups is 1. The summed E-state index contributed by atoms with van der Waals surface area (Å²) in [5, 5.41) is 4.24. The number of rotatable bonds is 5. The molecule has 0 unspecified atom stereocenters. The molecule has 0 spiro atoms. The third-order valence-corrected chi connectivity index (χ3v) is 3.54. The van der Waals surface area contributed by atoms with Crippen LogP contribution >= 0.6 is 0 Å². The lowest BCUT2D eigenvalue weighted by atomic mass is 10.2. The topological polar surface area (TPSA) is 68.6 Å². The lowest BCUT2D eigenvalue weighted by molar-refractivity contribution is 0.355. The maximum atomic E-state index is 5.28. The molecular formula is C18H18N4O2. The van der Waals surface area contributed by atoms with Crippen LogP contribution in [-0.2, 0) is 0 Å². The Hall–Kier alpha value is -3.15. The van der Waals surface area contributed by atoms with Crippen molar-refractivity contribution in [3.8, 4) is 11.5 Å². The largest absolute Gasteiger partial charge is 0.493 e. The number of hydrogen-bond donors (Lipinski definition) is 1. The summed E-state index contributed by atoms with van der Waals surface area (Å²) in [6, 6.07) is 13.3. The van der Waals surface area contributed by atoms with Crippen LogP contribution in [0.4, 0.5) is 5.82 Å². The van der Waals surface area contributed by atoms with Gasteiger partial charge in [0.1, 0.15) is 0 Å². The number of anilines is 1. The highest BCUT2D eigenvalue weighted by Gasteiger charge is 2.05. The molecule has 2 aromatic carbocycles. The molecule has 0 radical (unpaired) electrons. The molecule has 1 N–H and O–H groups in total. The van der Waals surface area contributed by atoms with Crippen LogP contribution in [0.25, 0.3) is 11.0 Å². The molecule has 0 aliphatic carbocycles. The van der Waals surface area contributed by atoms with Gasteiger partial charge in [-0.1, -0.05) is 12.1 Å². The van der Waals surface area contributed by atoms with Gasteiger partial charge in [-0.2, -0.15) is 5.10 Å². The van der Waals surface area contributed by atoms with Crippen molar-refractivity contribution in [2.75, 3.05) is 19.6 Å². The highest BCUT2D eigenvalue weighted by molar-refractivity contribution is 5.82. The number of nitrogens with one attached hydrogen (secondary N) is 1. The number of hydrogen-bond acceptors (Lipinski definition) is 6. The molecule has 1 aromatic heterocycles. The Bertz CT molecular complexity index is 893. The monoisotopic (exact) mass is 322 g/mol. The van der Waals surface area contributed by atoms with Gasteiger partial charge in [0.05, 0.1) is 37.2 Å². The number of methoxy groups -OCH3 is 2. The number of ether oxygens (including phenoxy) is 2. The van der Waals surface area contributed by atoms with Gasteiger partial charge in [-0.05, 0) is 42.8 Å². The lowest BCUT2D eigenvalue weighted by Crippen LogP contribution is -1.99. The van der Waals surface area contributed by atoms with Crippen molar-refractivity contribution in [2.45, 2.75) is 6.92 Å². The van der Waals surface area contributed by atoms with Crippen LogP contribution in [-0.4, -0.2) is 30.4 Å². The van der Waals surface area contributed by atoms with Crippen LogP contribution in [0.1, 0.15) is 11.3 Å². The van der Waals surface area contributed by atoms with Crippen molar-refractivity contribution in [3.05, 3.63) is 53.7 Å². The van der Waals surface area contributed by atoms with E-state index in [0.29, 0.717) is 17.3 Å². The van der Waals surface area contributed by atoms with Crippen molar-refractivity contribution < 1.29 is 9.47 Å². The summed E-state index contributed by atoms with van der Waals surface area (Å²) in [6.45, 7) is 1.90. The van der Waals surface area contributed by atoms with E-state index in [1.165, 1.54) is 0 Å². The molecule has 0 saturated heterocycles. The van der Waals surface area contributed by atoms with Crippen LogP contribution in [0.15, 0.2) is 47.6 Å². The molecule has 3 aromatic rings. The Morgan fingerprint density at radius 1 is 0.958 bits per heavy atom. The summed E-state index contributed by atoms with van der Waals surface area (Å²) in [4.78, 5) is 9.05. The molecule has 24 heavy (non-hydrogen) atoms. The van der Waals surface area contributed by atoms with E-state index in [2.05, 4.69) is 20.5 Å². The molecule has 3 rings (SSSR count). The van der Waals surface area contributed by atoms with Crippen LogP contribution in [0, 0.1) is 6.92 Å². The zero-order valence-electron chi connectivity index (χ0n) is 13.8. The predicted octanol–water partition coefficient (Wildman–Crippen LogP) is 3.40. The van der Waals surface area contributed by atoms with Crippen LogP contribution in [0.5, 0.6) is 11.5 Å². The van der Waals surface area contributed by atoms with Gasteiger partial charge in [-0.3, -0.25) is 5.43 Å². The van der Waals surface area contributed by atoms with E-state index in [9.17, 15) is 0 Å². The standard InChI is InChI=1S/C18H18N4O2/c1-12-18(21-15-7-5-4-6-14(15)20-12)22-19-11-13-8-9-16(23-2)17(10-13)24-3/h4-11H,1-3H3,(H,21,22)/b19-11+. The van der Waals surface area contributed by atoms with E-state index in [0.717, 1.165) is 22.3 Å². The molecule has 0 aliphatic rings. The lowest BCUT2D eigenvalue weighted by Gasteiger charge is -2.08. The van der Waals surface area contributed by atoms with Gasteiger partial charge in [-0.25, -0.2) is 9.97 Å². The maximum Gasteiger partial charge on any atom is 0.168 e. The van der Waals surface area contributed by atoms with Crippen LogP contribution < -0.4 is 14.9 Å². The van der Waals surface area contributed by atoms with Crippen molar-refractivity contribution in [2.24, 2.45) is 5.10 Å². The summed E-state index contributed by atoms with van der Waals surface area (Å²) < 4.78 is 10.5. The van der Waals surface area contributed by atoms with E-state index < -0.39 is 0 Å². The first-order chi connectivity index (χ1) is 11.7. The first-order valence-electron chi connectivity index (χ1n) is 7.46. The number of fused-ring (bicyclic) bond motifs is 1. The number of benzene rings is 2. The Labute approximate surface area is 140 Å². The minimum Gasteiger partial charge on any atom is -0.493 e. The van der Waals surface area contributed by atoms with Gasteiger partial charge >= 0.3 is 0 Å². The predicted molar refractivity (Wildman–Crippen MR) is 95.0 cm³/mol. The van der Waals surface area contributed by atoms with E-state index in [-0.39, 0.29) is 0 Å². The fourth-order valence-electron chi connectivity index (χ4n) is 2.30. The Morgan fingerprint density at radius 3 is 2.38 bits per heavy atom. The minimum absolute atomic E-state index is 0.630. The van der Waals surface area contributed by atoms with E-state index in [1.807, 2.05) is 49.4 Å². The average molecular weight is 322 g/mol. The SMILES string of the molecule is COc1ccc(/C=N/Nc2nc3ccccc3nc2C)cc1OC. The third-order valence-electron chi connectivity index (χ3n) is 3.54.